The van der Waals surface area contributed by atoms with Crippen LogP contribution in [-0.2, 0) is 10.3 Å². The van der Waals surface area contributed by atoms with Gasteiger partial charge in [0.15, 0.2) is 5.67 Å². The Morgan fingerprint density at radius 1 is 1.07 bits per heavy atom. The van der Waals surface area contributed by atoms with Gasteiger partial charge in [-0.25, -0.2) is 13.6 Å². The second-order valence-electron chi connectivity index (χ2n) is 12.7. The number of alkyl halides is 1. The topological polar surface area (TPSA) is 71.8 Å². The molecule has 9 heteroatoms. The molecule has 3 saturated heterocycles. The van der Waals surface area contributed by atoms with E-state index >= 15 is 4.39 Å². The molecule has 3 aliphatic heterocycles. The van der Waals surface area contributed by atoms with Gasteiger partial charge in [-0.05, 0) is 93.1 Å². The minimum Gasteiger partial charge on any atom is -0.453 e. The summed E-state index contributed by atoms with van der Waals surface area (Å²) < 4.78 is 35.6. The number of anilines is 1. The van der Waals surface area contributed by atoms with Gasteiger partial charge in [0, 0.05) is 37.3 Å². The second-order valence-corrected chi connectivity index (χ2v) is 12.7. The van der Waals surface area contributed by atoms with Gasteiger partial charge in [0.1, 0.15) is 5.82 Å². The van der Waals surface area contributed by atoms with Crippen molar-refractivity contribution in [1.82, 2.24) is 15.1 Å². The molecule has 0 spiro atoms. The van der Waals surface area contributed by atoms with Gasteiger partial charge in [-0.3, -0.25) is 9.80 Å². The third kappa shape index (κ3) is 5.35. The van der Waals surface area contributed by atoms with Crippen LogP contribution in [0.5, 0.6) is 0 Å². The lowest BCUT2D eigenvalue weighted by molar-refractivity contribution is -0.0880. The summed E-state index contributed by atoms with van der Waals surface area (Å²) in [6, 6.07) is 16.5. The summed E-state index contributed by atoms with van der Waals surface area (Å²) >= 11 is 0. The molecule has 3 heterocycles. The number of hydrogen-bond donors (Lipinski definition) is 1. The first-order valence-electron chi connectivity index (χ1n) is 15.4. The maximum atomic E-state index is 15.8. The van der Waals surface area contributed by atoms with E-state index in [1.54, 1.807) is 18.2 Å². The van der Waals surface area contributed by atoms with Gasteiger partial charge in [0.05, 0.1) is 37.4 Å². The van der Waals surface area contributed by atoms with Crippen molar-refractivity contribution < 1.29 is 18.3 Å². The molecule has 2 aromatic rings. The number of rotatable bonds is 8. The molecular formula is C33H41F2N5O2. The molecule has 1 N–H and O–H groups in total. The van der Waals surface area contributed by atoms with Crippen LogP contribution < -0.4 is 10.2 Å². The van der Waals surface area contributed by atoms with Crippen LogP contribution in [0.15, 0.2) is 48.5 Å². The number of alkyl carbamates (subject to hydrolysis) is 1. The Morgan fingerprint density at radius 3 is 2.43 bits per heavy atom. The number of methoxy groups -OCH3 is 1. The molecule has 0 aromatic heterocycles. The Labute approximate surface area is 247 Å². The molecule has 224 valence electrons. The zero-order chi connectivity index (χ0) is 29.3. The molecule has 1 saturated carbocycles. The van der Waals surface area contributed by atoms with Gasteiger partial charge in [0.25, 0.3) is 0 Å². The molecular weight excluding hydrogens is 536 g/mol. The average molecular weight is 578 g/mol. The van der Waals surface area contributed by atoms with E-state index in [0.29, 0.717) is 25.2 Å². The quantitative estimate of drug-likeness (QED) is 0.473. The van der Waals surface area contributed by atoms with E-state index < -0.39 is 17.3 Å². The fourth-order valence-electron chi connectivity index (χ4n) is 8.32. The van der Waals surface area contributed by atoms with Gasteiger partial charge >= 0.3 is 6.09 Å². The molecule has 4 fully saturated rings. The summed E-state index contributed by atoms with van der Waals surface area (Å²) in [7, 11) is 1.40. The number of nitrogens with zero attached hydrogens (tertiary/aromatic N) is 4. The Hall–Kier alpha value is -3.22. The lowest BCUT2D eigenvalue weighted by atomic mass is 9.62. The zero-order valence-corrected chi connectivity index (χ0v) is 24.4. The molecule has 1 amide bonds. The maximum absolute atomic E-state index is 15.8. The third-order valence-electron chi connectivity index (χ3n) is 10.3. The Bertz CT molecular complexity index is 1300. The van der Waals surface area contributed by atoms with E-state index in [0.717, 1.165) is 76.0 Å². The number of hydrogen-bond acceptors (Lipinski definition) is 6. The molecule has 0 bridgehead atoms. The maximum Gasteiger partial charge on any atom is 0.407 e. The van der Waals surface area contributed by atoms with Crippen molar-refractivity contribution in [2.45, 2.75) is 55.8 Å². The van der Waals surface area contributed by atoms with Crippen LogP contribution in [0.1, 0.15) is 49.7 Å². The van der Waals surface area contributed by atoms with Crippen molar-refractivity contribution in [3.63, 3.8) is 0 Å². The van der Waals surface area contributed by atoms with Crippen molar-refractivity contribution in [2.24, 2.45) is 11.8 Å². The number of nitriles is 1. The Balaban J connectivity index is 1.19. The fourth-order valence-corrected chi connectivity index (χ4v) is 8.32. The molecule has 42 heavy (non-hydrogen) atoms. The van der Waals surface area contributed by atoms with Gasteiger partial charge in [-0.1, -0.05) is 18.6 Å². The molecule has 3 atom stereocenters. The lowest BCUT2D eigenvalue weighted by Crippen LogP contribution is -2.66. The van der Waals surface area contributed by atoms with Gasteiger partial charge < -0.3 is 15.0 Å². The first-order chi connectivity index (χ1) is 20.3. The fraction of sp³-hybridized carbons (Fsp3) is 0.576. The summed E-state index contributed by atoms with van der Waals surface area (Å²) in [5, 5.41) is 12.2. The molecule has 7 nitrogen and oxygen atoms in total. The van der Waals surface area contributed by atoms with E-state index in [1.807, 2.05) is 23.1 Å². The Morgan fingerprint density at radius 2 is 1.81 bits per heavy atom. The number of piperidine rings is 1. The lowest BCUT2D eigenvalue weighted by Gasteiger charge is -2.59. The first kappa shape index (κ1) is 28.9. The number of carbonyl (C=O) groups is 1. The molecule has 1 unspecified atom stereocenters. The predicted octanol–water partition coefficient (Wildman–Crippen LogP) is 5.06. The standard InChI is InChI=1S/C33H41F2N5O2/c1-42-31(41)37-30-8-3-7-29(30)33(40-15-4-16-40,26-5-2-6-27(34)19-26)25-13-17-38(18-14-25)21-32(35)22-39(23-32)28-11-9-24(20-36)10-12-28/h2,5-6,9-12,19,25,29-30H,3-4,7-8,13-18,21-23H2,1H3,(H,37,41)/t29-,30-,33?/m0/s1. The molecule has 1 aliphatic carbocycles. The third-order valence-corrected chi connectivity index (χ3v) is 10.3. The monoisotopic (exact) mass is 577 g/mol. The number of benzene rings is 2. The summed E-state index contributed by atoms with van der Waals surface area (Å²) in [4.78, 5) is 19.2. The van der Waals surface area contributed by atoms with Crippen molar-refractivity contribution in [3.05, 3.63) is 65.5 Å². The molecule has 2 aromatic carbocycles. The highest BCUT2D eigenvalue weighted by Crippen LogP contribution is 2.54. The van der Waals surface area contributed by atoms with Crippen molar-refractivity contribution in [3.8, 4) is 6.07 Å². The van der Waals surface area contributed by atoms with Gasteiger partial charge in [-0.2, -0.15) is 5.26 Å². The van der Waals surface area contributed by atoms with Crippen LogP contribution >= 0.6 is 0 Å². The summed E-state index contributed by atoms with van der Waals surface area (Å²) in [5.41, 5.74) is 0.889. The second kappa shape index (κ2) is 11.8. The van der Waals surface area contributed by atoms with E-state index in [2.05, 4.69) is 27.3 Å². The number of likely N-dealkylation sites (tertiary alicyclic amines) is 2. The highest BCUT2D eigenvalue weighted by atomic mass is 19.1. The summed E-state index contributed by atoms with van der Waals surface area (Å²) in [6.07, 6.45) is 5.32. The zero-order valence-electron chi connectivity index (χ0n) is 24.4. The van der Waals surface area contributed by atoms with Gasteiger partial charge in [-0.15, -0.1) is 0 Å². The van der Waals surface area contributed by atoms with Crippen molar-refractivity contribution >= 4 is 11.8 Å². The minimum atomic E-state index is -1.27. The van der Waals surface area contributed by atoms with Crippen LogP contribution in [0.25, 0.3) is 0 Å². The highest BCUT2D eigenvalue weighted by molar-refractivity contribution is 5.67. The van der Waals surface area contributed by atoms with Crippen LogP contribution in [0.4, 0.5) is 19.3 Å². The van der Waals surface area contributed by atoms with Crippen LogP contribution in [0, 0.1) is 29.0 Å². The SMILES string of the molecule is COC(=O)N[C@H]1CCC[C@@H]1C(c1cccc(F)c1)(C1CCN(CC2(F)CN(c3ccc(C#N)cc3)C2)CC1)N1CCC1. The van der Waals surface area contributed by atoms with Crippen molar-refractivity contribution in [1.29, 1.82) is 5.26 Å². The molecule has 0 radical (unpaired) electrons. The van der Waals surface area contributed by atoms with E-state index in [9.17, 15) is 9.18 Å². The molecule has 4 aliphatic rings. The number of amides is 1. The van der Waals surface area contributed by atoms with E-state index in [-0.39, 0.29) is 23.7 Å². The smallest absolute Gasteiger partial charge is 0.407 e. The number of nitrogens with one attached hydrogen (secondary N) is 1. The first-order valence-corrected chi connectivity index (χ1v) is 15.4. The van der Waals surface area contributed by atoms with Crippen molar-refractivity contribution in [2.75, 3.05) is 57.8 Å². The van der Waals surface area contributed by atoms with Gasteiger partial charge in [0.2, 0.25) is 0 Å². The van der Waals surface area contributed by atoms with Crippen LogP contribution in [0.3, 0.4) is 0 Å². The largest absolute Gasteiger partial charge is 0.453 e. The normalized spacial score (nSPS) is 26.0. The summed E-state index contributed by atoms with van der Waals surface area (Å²) in [6.45, 7) is 4.60. The van der Waals surface area contributed by atoms with Crippen LogP contribution in [-0.4, -0.2) is 80.5 Å². The summed E-state index contributed by atoms with van der Waals surface area (Å²) in [5.74, 6) is 0.157. The highest BCUT2D eigenvalue weighted by Gasteiger charge is 2.56. The van der Waals surface area contributed by atoms with E-state index in [1.165, 1.54) is 13.2 Å². The number of halogens is 2. The van der Waals surface area contributed by atoms with Crippen LogP contribution in [0.2, 0.25) is 0 Å². The predicted molar refractivity (Wildman–Crippen MR) is 157 cm³/mol. The minimum absolute atomic E-state index is 0.0448. The number of carbonyl (C=O) groups excluding carboxylic acids is 1. The Kier molecular flexibility index (Phi) is 8.12. The average Bonchev–Trinajstić information content (AvgIpc) is 3.42. The van der Waals surface area contributed by atoms with E-state index in [4.69, 9.17) is 10.00 Å². The molecule has 6 rings (SSSR count). The number of ether oxygens (including phenoxy) is 1.